The van der Waals surface area contributed by atoms with E-state index >= 15 is 0 Å². The maximum Gasteiger partial charge on any atom is 0.305 e. The zero-order chi connectivity index (χ0) is 26.4. The minimum Gasteiger partial charge on any atom is -0.469 e. The maximum absolute atomic E-state index is 12.1. The molecule has 0 unspecified atom stereocenters. The van der Waals surface area contributed by atoms with Crippen LogP contribution in [0.25, 0.3) is 0 Å². The van der Waals surface area contributed by atoms with E-state index in [1.165, 1.54) is 148 Å². The monoisotopic (exact) mass is 508 g/mol. The molecule has 3 heteroatoms. The first-order valence-electron chi connectivity index (χ1n) is 16.3. The number of rotatable bonds is 30. The summed E-state index contributed by atoms with van der Waals surface area (Å²) in [6.45, 7) is 2.29. The number of ether oxygens (including phenoxy) is 1. The molecule has 0 aliphatic carbocycles. The quantitative estimate of drug-likeness (QED) is 0.0715. The van der Waals surface area contributed by atoms with Gasteiger partial charge in [0.15, 0.2) is 0 Å². The average Bonchev–Trinajstić information content (AvgIpc) is 2.88. The van der Waals surface area contributed by atoms with Crippen molar-refractivity contribution in [3.8, 4) is 0 Å². The molecule has 0 amide bonds. The molecule has 0 heterocycles. The molecule has 36 heavy (non-hydrogen) atoms. The molecule has 0 saturated carbocycles. The van der Waals surface area contributed by atoms with Crippen molar-refractivity contribution in [2.45, 2.75) is 193 Å². The van der Waals surface area contributed by atoms with E-state index in [4.69, 9.17) is 0 Å². The highest BCUT2D eigenvalue weighted by molar-refractivity contribution is 5.78. The Hall–Kier alpha value is -0.860. The molecule has 0 radical (unpaired) electrons. The predicted octanol–water partition coefficient (Wildman–Crippen LogP) is 11.1. The molecule has 0 aliphatic heterocycles. The van der Waals surface area contributed by atoms with Crippen LogP contribution in [0.4, 0.5) is 0 Å². The average molecular weight is 509 g/mol. The summed E-state index contributed by atoms with van der Waals surface area (Å²) in [5, 5.41) is 0. The normalized spacial score (nSPS) is 11.2. The summed E-state index contributed by atoms with van der Waals surface area (Å²) >= 11 is 0. The van der Waals surface area contributed by atoms with Crippen LogP contribution in [0.1, 0.15) is 193 Å². The smallest absolute Gasteiger partial charge is 0.305 e. The van der Waals surface area contributed by atoms with Crippen molar-refractivity contribution in [3.63, 3.8) is 0 Å². The Morgan fingerprint density at radius 2 is 0.639 bits per heavy atom. The Balaban J connectivity index is 3.16. The van der Waals surface area contributed by atoms with Crippen LogP contribution in [0.15, 0.2) is 0 Å². The second-order valence-corrected chi connectivity index (χ2v) is 11.2. The molecular formula is C33H64O3. The number of ketones is 1. The molecule has 0 bridgehead atoms. The zero-order valence-corrected chi connectivity index (χ0v) is 24.7. The van der Waals surface area contributed by atoms with Crippen molar-refractivity contribution in [2.24, 2.45) is 0 Å². The van der Waals surface area contributed by atoms with Crippen molar-refractivity contribution >= 4 is 11.8 Å². The Bertz CT molecular complexity index is 460. The van der Waals surface area contributed by atoms with Gasteiger partial charge in [0, 0.05) is 19.3 Å². The van der Waals surface area contributed by atoms with Crippen LogP contribution in [-0.4, -0.2) is 18.9 Å². The van der Waals surface area contributed by atoms with E-state index in [1.54, 1.807) is 0 Å². The van der Waals surface area contributed by atoms with Gasteiger partial charge in [0.05, 0.1) is 7.11 Å². The first kappa shape index (κ1) is 35.1. The third kappa shape index (κ3) is 29.4. The maximum atomic E-state index is 12.1. The predicted molar refractivity (Wildman–Crippen MR) is 157 cm³/mol. The minimum atomic E-state index is -0.0884. The molecule has 0 atom stereocenters. The van der Waals surface area contributed by atoms with Crippen LogP contribution in [0.2, 0.25) is 0 Å². The van der Waals surface area contributed by atoms with Gasteiger partial charge in [-0.2, -0.15) is 0 Å². The lowest BCUT2D eigenvalue weighted by atomic mass is 10.0. The number of Topliss-reactive ketones (excluding diaryl/α,β-unsaturated/α-hetero) is 1. The lowest BCUT2D eigenvalue weighted by molar-refractivity contribution is -0.140. The summed E-state index contributed by atoms with van der Waals surface area (Å²) in [6, 6.07) is 0. The first-order chi connectivity index (χ1) is 17.7. The largest absolute Gasteiger partial charge is 0.469 e. The summed E-state index contributed by atoms with van der Waals surface area (Å²) in [6.07, 6.45) is 36.4. The highest BCUT2D eigenvalue weighted by atomic mass is 16.5. The summed E-state index contributed by atoms with van der Waals surface area (Å²) < 4.78 is 4.66. The van der Waals surface area contributed by atoms with E-state index in [0.717, 1.165) is 38.5 Å². The number of carbonyl (C=O) groups is 2. The second-order valence-electron chi connectivity index (χ2n) is 11.2. The van der Waals surface area contributed by atoms with Crippen molar-refractivity contribution in [2.75, 3.05) is 7.11 Å². The Morgan fingerprint density at radius 1 is 0.389 bits per heavy atom. The number of unbranched alkanes of at least 4 members (excludes halogenated alkanes) is 24. The molecule has 0 rings (SSSR count). The van der Waals surface area contributed by atoms with Gasteiger partial charge < -0.3 is 4.74 Å². The molecule has 214 valence electrons. The molecule has 0 aromatic heterocycles. The van der Waals surface area contributed by atoms with Gasteiger partial charge >= 0.3 is 5.97 Å². The first-order valence-corrected chi connectivity index (χ1v) is 16.3. The van der Waals surface area contributed by atoms with Crippen molar-refractivity contribution < 1.29 is 14.3 Å². The van der Waals surface area contributed by atoms with E-state index < -0.39 is 0 Å². The van der Waals surface area contributed by atoms with Crippen molar-refractivity contribution in [3.05, 3.63) is 0 Å². The molecule has 0 fully saturated rings. The van der Waals surface area contributed by atoms with Gasteiger partial charge in [-0.25, -0.2) is 0 Å². The van der Waals surface area contributed by atoms with Gasteiger partial charge in [0.25, 0.3) is 0 Å². The van der Waals surface area contributed by atoms with Crippen LogP contribution < -0.4 is 0 Å². The number of hydrogen-bond donors (Lipinski definition) is 0. The van der Waals surface area contributed by atoms with Gasteiger partial charge in [-0.1, -0.05) is 155 Å². The van der Waals surface area contributed by atoms with Crippen LogP contribution in [0.5, 0.6) is 0 Å². The van der Waals surface area contributed by atoms with Gasteiger partial charge in [0.1, 0.15) is 5.78 Å². The lowest BCUT2D eigenvalue weighted by Crippen LogP contribution is -1.99. The number of methoxy groups -OCH3 is 1. The highest BCUT2D eigenvalue weighted by Crippen LogP contribution is 2.15. The second kappa shape index (κ2) is 30.4. The van der Waals surface area contributed by atoms with E-state index in [0.29, 0.717) is 12.2 Å². The van der Waals surface area contributed by atoms with Gasteiger partial charge in [-0.05, 0) is 19.3 Å². The van der Waals surface area contributed by atoms with Gasteiger partial charge in [0.2, 0.25) is 0 Å². The highest BCUT2D eigenvalue weighted by Gasteiger charge is 2.03. The van der Waals surface area contributed by atoms with E-state index in [1.807, 2.05) is 0 Å². The van der Waals surface area contributed by atoms with Crippen LogP contribution in [-0.2, 0) is 14.3 Å². The SMILES string of the molecule is CCCCCCCCCCCCCCCCCCCC(=O)CCCCCCCCCCCC(=O)OC. The van der Waals surface area contributed by atoms with Crippen molar-refractivity contribution in [1.82, 2.24) is 0 Å². The zero-order valence-electron chi connectivity index (χ0n) is 24.7. The summed E-state index contributed by atoms with van der Waals surface area (Å²) in [4.78, 5) is 23.1. The van der Waals surface area contributed by atoms with Crippen LogP contribution in [0.3, 0.4) is 0 Å². The topological polar surface area (TPSA) is 43.4 Å². The minimum absolute atomic E-state index is 0.0884. The van der Waals surface area contributed by atoms with Crippen molar-refractivity contribution in [1.29, 1.82) is 0 Å². The van der Waals surface area contributed by atoms with E-state index in [-0.39, 0.29) is 5.97 Å². The summed E-state index contributed by atoms with van der Waals surface area (Å²) in [7, 11) is 1.46. The molecular weight excluding hydrogens is 444 g/mol. The molecule has 0 aliphatic rings. The fourth-order valence-electron chi connectivity index (χ4n) is 5.10. The number of carbonyl (C=O) groups excluding carboxylic acids is 2. The standard InChI is InChI=1S/C33H64O3/c1-3-4-5-6-7-8-9-10-11-12-13-14-15-17-20-23-26-29-32(34)30-27-24-21-18-16-19-22-25-28-31-33(35)36-2/h3-31H2,1-2H3. The molecule has 0 spiro atoms. The van der Waals surface area contributed by atoms with Gasteiger partial charge in [-0.3, -0.25) is 9.59 Å². The third-order valence-corrected chi connectivity index (χ3v) is 7.62. The van der Waals surface area contributed by atoms with Crippen LogP contribution >= 0.6 is 0 Å². The summed E-state index contributed by atoms with van der Waals surface area (Å²) in [5.41, 5.74) is 0. The fourth-order valence-corrected chi connectivity index (χ4v) is 5.10. The molecule has 3 nitrogen and oxygen atoms in total. The molecule has 0 aromatic carbocycles. The Labute approximate surface area is 226 Å². The van der Waals surface area contributed by atoms with Gasteiger partial charge in [-0.15, -0.1) is 0 Å². The fraction of sp³-hybridized carbons (Fsp3) is 0.939. The Morgan fingerprint density at radius 3 is 0.917 bits per heavy atom. The van der Waals surface area contributed by atoms with E-state index in [9.17, 15) is 9.59 Å². The number of esters is 1. The molecule has 0 aromatic rings. The third-order valence-electron chi connectivity index (χ3n) is 7.62. The number of hydrogen-bond acceptors (Lipinski definition) is 3. The lowest BCUT2D eigenvalue weighted by Gasteiger charge is -2.04. The van der Waals surface area contributed by atoms with E-state index in [2.05, 4.69) is 11.7 Å². The molecule has 0 N–H and O–H groups in total. The summed E-state index contributed by atoms with van der Waals surface area (Å²) in [5.74, 6) is 0.399. The molecule has 0 saturated heterocycles. The van der Waals surface area contributed by atoms with Crippen LogP contribution in [0, 0.1) is 0 Å². The Kier molecular flexibility index (Phi) is 29.6.